The molecule has 1 N–H and O–H groups in total. The number of nitrogens with one attached hydrogen (secondary N) is 1. The third kappa shape index (κ3) is 3.99. The molecule has 5 heteroatoms. The number of carbonyl (C=O) groups is 3. The second kappa shape index (κ2) is 4.84. The first-order valence-corrected chi connectivity index (χ1v) is 2.91. The van der Waals surface area contributed by atoms with E-state index in [0.29, 0.717) is 0 Å². The van der Waals surface area contributed by atoms with Gasteiger partial charge in [-0.05, 0) is 6.08 Å². The maximum Gasteiger partial charge on any atom is 0.422 e. The first-order valence-electron chi connectivity index (χ1n) is 2.91. The Morgan fingerprint density at radius 3 is 2.17 bits per heavy atom. The van der Waals surface area contributed by atoms with Crippen molar-refractivity contribution >= 4 is 18.0 Å². The summed E-state index contributed by atoms with van der Waals surface area (Å²) < 4.78 is 4.00. The van der Waals surface area contributed by atoms with Gasteiger partial charge in [-0.15, -0.1) is 0 Å². The largest absolute Gasteiger partial charge is 0.422 e. The molecule has 0 aromatic carbocycles. The molecule has 5 nitrogen and oxygen atoms in total. The average Bonchev–Trinajstić information content (AvgIpc) is 2.03. The van der Waals surface area contributed by atoms with Gasteiger partial charge in [0.05, 0.1) is 0 Å². The van der Waals surface area contributed by atoms with Crippen molar-refractivity contribution in [2.45, 2.75) is 0 Å². The first kappa shape index (κ1) is 10.1. The van der Waals surface area contributed by atoms with E-state index in [4.69, 9.17) is 0 Å². The summed E-state index contributed by atoms with van der Waals surface area (Å²) in [5, 5.41) is 1.71. The lowest BCUT2D eigenvalue weighted by atomic mass is 10.6. The molecule has 0 aromatic heterocycles. The monoisotopic (exact) mass is 169 g/mol. The standard InChI is InChI=1S/C7H7NO4/c1-3-5(9)8-7(11)12-6(10)4-2/h3-4H,1-2H2,(H,8,9,11). The van der Waals surface area contributed by atoms with Gasteiger partial charge < -0.3 is 4.74 Å². The zero-order valence-electron chi connectivity index (χ0n) is 6.20. The highest BCUT2D eigenvalue weighted by Crippen LogP contribution is 1.81. The van der Waals surface area contributed by atoms with Crippen molar-refractivity contribution in [2.24, 2.45) is 0 Å². The van der Waals surface area contributed by atoms with Crippen molar-refractivity contribution in [1.82, 2.24) is 5.32 Å². The maximum atomic E-state index is 10.5. The molecule has 0 rings (SSSR count). The number of ether oxygens (including phenoxy) is 1. The summed E-state index contributed by atoms with van der Waals surface area (Å²) in [6, 6.07) is 0. The normalized spacial score (nSPS) is 8.00. The Kier molecular flexibility index (Phi) is 4.07. The van der Waals surface area contributed by atoms with Gasteiger partial charge in [-0.3, -0.25) is 10.1 Å². The van der Waals surface area contributed by atoms with Crippen LogP contribution in [0, 0.1) is 0 Å². The zero-order chi connectivity index (χ0) is 9.56. The van der Waals surface area contributed by atoms with Crippen molar-refractivity contribution in [1.29, 1.82) is 0 Å². The Balaban J connectivity index is 3.89. The van der Waals surface area contributed by atoms with E-state index in [1.165, 1.54) is 0 Å². The molecule has 0 radical (unpaired) electrons. The van der Waals surface area contributed by atoms with E-state index in [9.17, 15) is 14.4 Å². The molecule has 0 aliphatic rings. The number of carbonyl (C=O) groups excluding carboxylic acids is 3. The van der Waals surface area contributed by atoms with Crippen LogP contribution in [0.3, 0.4) is 0 Å². The molecular formula is C7H7NO4. The molecule has 0 heterocycles. The van der Waals surface area contributed by atoms with Crippen molar-refractivity contribution in [2.75, 3.05) is 0 Å². The number of amides is 2. The first-order chi connectivity index (χ1) is 5.60. The fourth-order valence-corrected chi connectivity index (χ4v) is 0.310. The average molecular weight is 169 g/mol. The van der Waals surface area contributed by atoms with Crippen molar-refractivity contribution in [3.05, 3.63) is 25.3 Å². The van der Waals surface area contributed by atoms with E-state index in [-0.39, 0.29) is 0 Å². The predicted octanol–water partition coefficient (Wildman–Crippen LogP) is 0.138. The van der Waals surface area contributed by atoms with E-state index in [1.807, 2.05) is 0 Å². The summed E-state index contributed by atoms with van der Waals surface area (Å²) in [6.07, 6.45) is 0.530. The molecule has 0 bridgehead atoms. The summed E-state index contributed by atoms with van der Waals surface area (Å²) in [5.74, 6) is -1.67. The number of esters is 1. The number of hydrogen-bond donors (Lipinski definition) is 1. The quantitative estimate of drug-likeness (QED) is 0.362. The lowest BCUT2D eigenvalue weighted by Gasteiger charge is -1.98. The molecule has 0 aromatic rings. The van der Waals surface area contributed by atoms with Crippen LogP contribution in [0.1, 0.15) is 0 Å². The van der Waals surface area contributed by atoms with E-state index < -0.39 is 18.0 Å². The van der Waals surface area contributed by atoms with Gasteiger partial charge in [-0.25, -0.2) is 9.59 Å². The van der Waals surface area contributed by atoms with Crippen LogP contribution >= 0.6 is 0 Å². The molecule has 0 atom stereocenters. The van der Waals surface area contributed by atoms with E-state index in [1.54, 1.807) is 5.32 Å². The molecule has 0 aliphatic carbocycles. The Hall–Kier alpha value is -1.91. The minimum atomic E-state index is -1.15. The molecule has 0 fully saturated rings. The van der Waals surface area contributed by atoms with Crippen molar-refractivity contribution in [3.8, 4) is 0 Å². The van der Waals surface area contributed by atoms with Gasteiger partial charge in [-0.2, -0.15) is 0 Å². The lowest BCUT2D eigenvalue weighted by Crippen LogP contribution is -2.30. The third-order valence-corrected chi connectivity index (χ3v) is 0.771. The highest BCUT2D eigenvalue weighted by Gasteiger charge is 2.08. The van der Waals surface area contributed by atoms with Crippen molar-refractivity contribution < 1.29 is 19.1 Å². The molecule has 0 spiro atoms. The summed E-state index contributed by atoms with van der Waals surface area (Å²) in [5.41, 5.74) is 0. The van der Waals surface area contributed by atoms with Crippen LogP contribution in [0.5, 0.6) is 0 Å². The summed E-state index contributed by atoms with van der Waals surface area (Å²) in [7, 11) is 0. The van der Waals surface area contributed by atoms with Crippen LogP contribution in [0.2, 0.25) is 0 Å². The van der Waals surface area contributed by atoms with Crippen LogP contribution in [0.15, 0.2) is 25.3 Å². The molecule has 64 valence electrons. The zero-order valence-corrected chi connectivity index (χ0v) is 6.20. The van der Waals surface area contributed by atoms with Gasteiger partial charge >= 0.3 is 12.1 Å². The second-order valence-electron chi connectivity index (χ2n) is 1.61. The Labute approximate surface area is 68.7 Å². The van der Waals surface area contributed by atoms with Crippen LogP contribution in [-0.4, -0.2) is 18.0 Å². The van der Waals surface area contributed by atoms with Crippen LogP contribution in [0.4, 0.5) is 4.79 Å². The molecule has 0 saturated carbocycles. The number of hydrogen-bond acceptors (Lipinski definition) is 4. The van der Waals surface area contributed by atoms with Crippen LogP contribution in [0.25, 0.3) is 0 Å². The van der Waals surface area contributed by atoms with Crippen LogP contribution < -0.4 is 5.32 Å². The number of rotatable bonds is 2. The molecule has 2 amide bonds. The van der Waals surface area contributed by atoms with E-state index in [0.717, 1.165) is 12.2 Å². The van der Waals surface area contributed by atoms with Gasteiger partial charge in [0, 0.05) is 6.08 Å². The summed E-state index contributed by atoms with van der Waals surface area (Å²) in [4.78, 5) is 31.3. The van der Waals surface area contributed by atoms with Gasteiger partial charge in [0.25, 0.3) is 5.91 Å². The number of alkyl carbamates (subject to hydrolysis) is 1. The van der Waals surface area contributed by atoms with E-state index in [2.05, 4.69) is 17.9 Å². The Bertz CT molecular complexity index is 220. The number of imide groups is 1. The predicted molar refractivity (Wildman–Crippen MR) is 40.0 cm³/mol. The van der Waals surface area contributed by atoms with Gasteiger partial charge in [-0.1, -0.05) is 13.2 Å². The fraction of sp³-hybridized carbons (Fsp3) is 0. The van der Waals surface area contributed by atoms with E-state index >= 15 is 0 Å². The molecule has 0 aliphatic heterocycles. The smallest absolute Gasteiger partial charge is 0.373 e. The SMILES string of the molecule is C=CC(=O)NC(=O)OC(=O)C=C. The topological polar surface area (TPSA) is 72.5 Å². The molecule has 12 heavy (non-hydrogen) atoms. The maximum absolute atomic E-state index is 10.5. The third-order valence-electron chi connectivity index (χ3n) is 0.771. The second-order valence-corrected chi connectivity index (χ2v) is 1.61. The minimum absolute atomic E-state index is 0.739. The van der Waals surface area contributed by atoms with Gasteiger partial charge in [0.15, 0.2) is 0 Å². The van der Waals surface area contributed by atoms with Crippen LogP contribution in [-0.2, 0) is 14.3 Å². The van der Waals surface area contributed by atoms with Gasteiger partial charge in [0.2, 0.25) is 0 Å². The fourth-order valence-electron chi connectivity index (χ4n) is 0.310. The minimum Gasteiger partial charge on any atom is -0.373 e. The van der Waals surface area contributed by atoms with Gasteiger partial charge in [0.1, 0.15) is 0 Å². The highest BCUT2D eigenvalue weighted by molar-refractivity contribution is 6.01. The lowest BCUT2D eigenvalue weighted by molar-refractivity contribution is -0.131. The summed E-state index contributed by atoms with van der Waals surface area (Å²) in [6.45, 7) is 6.14. The Morgan fingerprint density at radius 2 is 1.75 bits per heavy atom. The highest BCUT2D eigenvalue weighted by atomic mass is 16.6. The Morgan fingerprint density at radius 1 is 1.17 bits per heavy atom. The molecular weight excluding hydrogens is 162 g/mol. The molecule has 0 unspecified atom stereocenters. The van der Waals surface area contributed by atoms with Crippen molar-refractivity contribution in [3.63, 3.8) is 0 Å². The molecule has 0 saturated heterocycles. The summed E-state index contributed by atoms with van der Waals surface area (Å²) >= 11 is 0.